The molecule has 0 unspecified atom stereocenters. The molecule has 1 aliphatic rings. The molecule has 1 heterocycles. The van der Waals surface area contributed by atoms with Crippen molar-refractivity contribution in [2.75, 3.05) is 6.61 Å². The Labute approximate surface area is 88.3 Å². The Kier molecular flexibility index (Phi) is 2.11. The first-order valence-corrected chi connectivity index (χ1v) is 4.81. The van der Waals surface area contributed by atoms with Gasteiger partial charge in [-0.05, 0) is 27.6 Å². The highest BCUT2D eigenvalue weighted by Crippen LogP contribution is 2.42. The van der Waals surface area contributed by atoms with Crippen LogP contribution >= 0.6 is 15.9 Å². The molecule has 0 aromatic heterocycles. The van der Waals surface area contributed by atoms with Crippen LogP contribution in [0, 0.1) is 0 Å². The van der Waals surface area contributed by atoms with Crippen molar-refractivity contribution in [1.82, 2.24) is 0 Å². The minimum atomic E-state index is -1.14. The Morgan fingerprint density at radius 2 is 2.29 bits per heavy atom. The zero-order chi connectivity index (χ0) is 10.3. The minimum absolute atomic E-state index is 0.0962. The second-order valence-electron chi connectivity index (χ2n) is 2.98. The number of halogens is 1. The summed E-state index contributed by atoms with van der Waals surface area (Å²) in [6.45, 7) is 0.524. The van der Waals surface area contributed by atoms with Crippen LogP contribution < -0.4 is 4.74 Å². The van der Waals surface area contributed by atoms with Gasteiger partial charge < -0.3 is 14.9 Å². The first kappa shape index (κ1) is 9.33. The lowest BCUT2D eigenvalue weighted by Crippen LogP contribution is -1.98. The number of aromatic hydroxyl groups is 1. The van der Waals surface area contributed by atoms with Gasteiger partial charge in [0, 0.05) is 6.42 Å². The van der Waals surface area contributed by atoms with Crippen molar-refractivity contribution < 1.29 is 19.7 Å². The van der Waals surface area contributed by atoms with E-state index < -0.39 is 5.97 Å². The number of rotatable bonds is 1. The van der Waals surface area contributed by atoms with E-state index in [4.69, 9.17) is 9.84 Å². The molecule has 0 amide bonds. The Morgan fingerprint density at radius 3 is 2.93 bits per heavy atom. The van der Waals surface area contributed by atoms with Gasteiger partial charge in [0.15, 0.2) is 0 Å². The van der Waals surface area contributed by atoms with Gasteiger partial charge in [0.1, 0.15) is 21.5 Å². The van der Waals surface area contributed by atoms with Crippen molar-refractivity contribution >= 4 is 21.9 Å². The molecule has 4 nitrogen and oxygen atoms in total. The van der Waals surface area contributed by atoms with Crippen LogP contribution in [0.2, 0.25) is 0 Å². The highest BCUT2D eigenvalue weighted by atomic mass is 79.9. The van der Waals surface area contributed by atoms with Crippen LogP contribution in [0.3, 0.4) is 0 Å². The Morgan fingerprint density at radius 1 is 1.57 bits per heavy atom. The molecule has 0 radical (unpaired) electrons. The van der Waals surface area contributed by atoms with E-state index in [9.17, 15) is 9.90 Å². The summed E-state index contributed by atoms with van der Waals surface area (Å²) in [4.78, 5) is 10.8. The quantitative estimate of drug-likeness (QED) is 0.806. The molecule has 2 rings (SSSR count). The van der Waals surface area contributed by atoms with E-state index in [2.05, 4.69) is 15.9 Å². The first-order chi connectivity index (χ1) is 6.61. The summed E-state index contributed by atoms with van der Waals surface area (Å²) in [5.41, 5.74) is 0.716. The van der Waals surface area contributed by atoms with Crippen molar-refractivity contribution in [2.45, 2.75) is 6.42 Å². The first-order valence-electron chi connectivity index (χ1n) is 4.01. The Hall–Kier alpha value is -1.23. The number of ether oxygens (including phenoxy) is 1. The normalized spacial score (nSPS) is 13.5. The van der Waals surface area contributed by atoms with Crippen molar-refractivity contribution in [1.29, 1.82) is 0 Å². The predicted molar refractivity (Wildman–Crippen MR) is 52.0 cm³/mol. The van der Waals surface area contributed by atoms with Crippen molar-refractivity contribution in [3.63, 3.8) is 0 Å². The third-order valence-corrected chi connectivity index (χ3v) is 2.86. The molecule has 0 bridgehead atoms. The fraction of sp³-hybridized carbons (Fsp3) is 0.222. The van der Waals surface area contributed by atoms with Gasteiger partial charge in [-0.25, -0.2) is 4.79 Å². The van der Waals surface area contributed by atoms with Crippen LogP contribution in [-0.4, -0.2) is 22.8 Å². The van der Waals surface area contributed by atoms with E-state index >= 15 is 0 Å². The smallest absolute Gasteiger partial charge is 0.339 e. The molecule has 1 aromatic carbocycles. The van der Waals surface area contributed by atoms with Crippen LogP contribution in [-0.2, 0) is 6.42 Å². The van der Waals surface area contributed by atoms with Crippen molar-refractivity contribution in [2.24, 2.45) is 0 Å². The number of hydrogen-bond acceptors (Lipinski definition) is 3. The van der Waals surface area contributed by atoms with Gasteiger partial charge in [-0.15, -0.1) is 0 Å². The van der Waals surface area contributed by atoms with E-state index in [-0.39, 0.29) is 11.3 Å². The lowest BCUT2D eigenvalue weighted by Gasteiger charge is -2.07. The molecule has 2 N–H and O–H groups in total. The van der Waals surface area contributed by atoms with E-state index in [0.717, 1.165) is 5.56 Å². The molecule has 74 valence electrons. The zero-order valence-electron chi connectivity index (χ0n) is 7.08. The summed E-state index contributed by atoms with van der Waals surface area (Å²) in [5, 5.41) is 18.3. The maximum atomic E-state index is 10.8. The highest BCUT2D eigenvalue weighted by molar-refractivity contribution is 9.10. The summed E-state index contributed by atoms with van der Waals surface area (Å²) < 4.78 is 5.57. The second kappa shape index (κ2) is 3.16. The second-order valence-corrected chi connectivity index (χ2v) is 3.77. The monoisotopic (exact) mass is 258 g/mol. The summed E-state index contributed by atoms with van der Waals surface area (Å²) in [6.07, 6.45) is 0.675. The SMILES string of the molecule is O=C(O)c1cc2c(c(Br)c1O)OCC2. The molecule has 1 aromatic rings. The maximum absolute atomic E-state index is 10.8. The number of fused-ring (bicyclic) bond motifs is 1. The van der Waals surface area contributed by atoms with Gasteiger partial charge in [0.05, 0.1) is 6.61 Å². The van der Waals surface area contributed by atoms with Crippen molar-refractivity contribution in [3.8, 4) is 11.5 Å². The molecular weight excluding hydrogens is 252 g/mol. The van der Waals surface area contributed by atoms with Gasteiger partial charge in [0.25, 0.3) is 0 Å². The van der Waals surface area contributed by atoms with Crippen LogP contribution in [0.1, 0.15) is 15.9 Å². The maximum Gasteiger partial charge on any atom is 0.339 e. The predicted octanol–water partition coefficient (Wildman–Crippen LogP) is 1.79. The average Bonchev–Trinajstić information content (AvgIpc) is 2.58. The molecule has 0 spiro atoms. The van der Waals surface area contributed by atoms with Crippen LogP contribution in [0.25, 0.3) is 0 Å². The van der Waals surface area contributed by atoms with Crippen LogP contribution in [0.4, 0.5) is 0 Å². The van der Waals surface area contributed by atoms with Gasteiger partial charge in [-0.1, -0.05) is 0 Å². The highest BCUT2D eigenvalue weighted by Gasteiger charge is 2.23. The molecule has 0 saturated carbocycles. The lowest BCUT2D eigenvalue weighted by molar-refractivity contribution is 0.0693. The molecule has 0 aliphatic carbocycles. The molecule has 0 atom stereocenters. The number of hydrogen-bond donors (Lipinski definition) is 2. The lowest BCUT2D eigenvalue weighted by atomic mass is 10.1. The summed E-state index contributed by atoms with van der Waals surface area (Å²) in [7, 11) is 0. The largest absolute Gasteiger partial charge is 0.506 e. The number of benzene rings is 1. The standard InChI is InChI=1S/C9H7BrO4/c10-6-7(11)5(9(12)13)3-4-1-2-14-8(4)6/h3,11H,1-2H2,(H,12,13). The van der Waals surface area contributed by atoms with Crippen LogP contribution in [0.15, 0.2) is 10.5 Å². The topological polar surface area (TPSA) is 66.8 Å². The van der Waals surface area contributed by atoms with E-state index in [1.54, 1.807) is 0 Å². The Balaban J connectivity index is 2.67. The molecule has 5 heteroatoms. The molecule has 1 aliphatic heterocycles. The number of carboxylic acid groups (broad SMARTS) is 1. The molecule has 0 saturated heterocycles. The van der Waals surface area contributed by atoms with E-state index in [1.165, 1.54) is 6.07 Å². The third kappa shape index (κ3) is 1.24. The molecule has 0 fully saturated rings. The number of carbonyl (C=O) groups is 1. The van der Waals surface area contributed by atoms with Crippen molar-refractivity contribution in [3.05, 3.63) is 21.7 Å². The van der Waals surface area contributed by atoms with Gasteiger partial charge in [-0.3, -0.25) is 0 Å². The number of aromatic carboxylic acids is 1. The summed E-state index contributed by atoms with van der Waals surface area (Å²) >= 11 is 3.11. The number of phenols is 1. The summed E-state index contributed by atoms with van der Waals surface area (Å²) in [5.74, 6) is -0.872. The van der Waals surface area contributed by atoms with Gasteiger partial charge >= 0.3 is 5.97 Å². The van der Waals surface area contributed by atoms with Gasteiger partial charge in [-0.2, -0.15) is 0 Å². The van der Waals surface area contributed by atoms with E-state index in [1.807, 2.05) is 0 Å². The number of carboxylic acids is 1. The third-order valence-electron chi connectivity index (χ3n) is 2.12. The fourth-order valence-corrected chi connectivity index (χ4v) is 2.03. The summed E-state index contributed by atoms with van der Waals surface area (Å²) in [6, 6.07) is 1.45. The van der Waals surface area contributed by atoms with Gasteiger partial charge in [0.2, 0.25) is 0 Å². The average molecular weight is 259 g/mol. The molecular formula is C9H7BrO4. The minimum Gasteiger partial charge on any atom is -0.506 e. The van der Waals surface area contributed by atoms with Crippen LogP contribution in [0.5, 0.6) is 11.5 Å². The fourth-order valence-electron chi connectivity index (χ4n) is 1.44. The van der Waals surface area contributed by atoms with E-state index in [0.29, 0.717) is 23.2 Å². The zero-order valence-corrected chi connectivity index (χ0v) is 8.67. The Bertz CT molecular complexity index is 414. The molecule has 14 heavy (non-hydrogen) atoms.